The van der Waals surface area contributed by atoms with E-state index in [1.807, 2.05) is 6.92 Å². The second kappa shape index (κ2) is 7.24. The number of aromatic amines is 1. The highest BCUT2D eigenvalue weighted by atomic mass is 16.5. The summed E-state index contributed by atoms with van der Waals surface area (Å²) in [6.07, 6.45) is 7.83. The topological polar surface area (TPSA) is 84.1 Å². The summed E-state index contributed by atoms with van der Waals surface area (Å²) >= 11 is 0. The number of nitrogens with zero attached hydrogens (tertiary/aromatic N) is 1. The number of amides is 1. The smallest absolute Gasteiger partial charge is 0.328 e. The van der Waals surface area contributed by atoms with Gasteiger partial charge in [0.1, 0.15) is 6.04 Å². The maximum atomic E-state index is 12.4. The Kier molecular flexibility index (Phi) is 5.36. The molecule has 21 heavy (non-hydrogen) atoms. The van der Waals surface area contributed by atoms with E-state index in [9.17, 15) is 9.59 Å². The highest BCUT2D eigenvalue weighted by Crippen LogP contribution is 2.33. The van der Waals surface area contributed by atoms with Gasteiger partial charge in [0, 0.05) is 5.92 Å². The molecule has 1 saturated carbocycles. The molecule has 1 fully saturated rings. The molecule has 0 unspecified atom stereocenters. The predicted molar refractivity (Wildman–Crippen MR) is 78.0 cm³/mol. The highest BCUT2D eigenvalue weighted by molar-refractivity contribution is 5.97. The van der Waals surface area contributed by atoms with Crippen molar-refractivity contribution in [1.29, 1.82) is 0 Å². The summed E-state index contributed by atoms with van der Waals surface area (Å²) in [5, 5.41) is 9.70. The Morgan fingerprint density at radius 1 is 1.43 bits per heavy atom. The second-order valence-corrected chi connectivity index (χ2v) is 5.49. The maximum Gasteiger partial charge on any atom is 0.328 e. The molecule has 1 aliphatic rings. The largest absolute Gasteiger partial charge is 0.467 e. The van der Waals surface area contributed by atoms with Crippen molar-refractivity contribution in [2.45, 2.75) is 57.4 Å². The predicted octanol–water partition coefficient (Wildman–Crippen LogP) is 2.14. The molecule has 1 aromatic heterocycles. The molecule has 0 saturated heterocycles. The molecule has 1 amide bonds. The minimum Gasteiger partial charge on any atom is -0.467 e. The standard InChI is InChI=1S/C15H23N3O3/c1-3-12(15(20)21-2)17-14(19)11-9-16-18-13(11)10-7-5-4-6-8-10/h9-10,12H,3-8H2,1-2H3,(H,16,18)(H,17,19)/t12-/m0/s1. The van der Waals surface area contributed by atoms with Crippen molar-refractivity contribution in [2.24, 2.45) is 0 Å². The van der Waals surface area contributed by atoms with E-state index in [-0.39, 0.29) is 5.91 Å². The first kappa shape index (κ1) is 15.5. The van der Waals surface area contributed by atoms with Gasteiger partial charge in [-0.3, -0.25) is 9.89 Å². The molecular weight excluding hydrogens is 270 g/mol. The third kappa shape index (κ3) is 3.62. The normalized spacial score (nSPS) is 17.2. The van der Waals surface area contributed by atoms with Crippen LogP contribution >= 0.6 is 0 Å². The third-order valence-electron chi connectivity index (χ3n) is 4.13. The van der Waals surface area contributed by atoms with Gasteiger partial charge in [-0.05, 0) is 19.3 Å². The number of esters is 1. The fourth-order valence-corrected chi connectivity index (χ4v) is 2.89. The van der Waals surface area contributed by atoms with E-state index in [2.05, 4.69) is 15.5 Å². The second-order valence-electron chi connectivity index (χ2n) is 5.49. The molecule has 1 heterocycles. The van der Waals surface area contributed by atoms with Gasteiger partial charge >= 0.3 is 5.97 Å². The zero-order chi connectivity index (χ0) is 15.2. The molecule has 0 radical (unpaired) electrons. The van der Waals surface area contributed by atoms with E-state index in [4.69, 9.17) is 4.74 Å². The average Bonchev–Trinajstić information content (AvgIpc) is 3.02. The van der Waals surface area contributed by atoms with E-state index >= 15 is 0 Å². The zero-order valence-electron chi connectivity index (χ0n) is 12.6. The summed E-state index contributed by atoms with van der Waals surface area (Å²) in [7, 11) is 1.32. The van der Waals surface area contributed by atoms with Crippen LogP contribution in [0.5, 0.6) is 0 Å². The molecule has 0 bridgehead atoms. The van der Waals surface area contributed by atoms with Gasteiger partial charge in [0.05, 0.1) is 24.6 Å². The number of carbonyl (C=O) groups excluding carboxylic acids is 2. The Morgan fingerprint density at radius 3 is 2.76 bits per heavy atom. The van der Waals surface area contributed by atoms with Crippen molar-refractivity contribution in [3.8, 4) is 0 Å². The third-order valence-corrected chi connectivity index (χ3v) is 4.13. The van der Waals surface area contributed by atoms with Crippen molar-refractivity contribution in [3.63, 3.8) is 0 Å². The average molecular weight is 293 g/mol. The van der Waals surface area contributed by atoms with Crippen LogP contribution in [0.2, 0.25) is 0 Å². The lowest BCUT2D eigenvalue weighted by atomic mass is 9.85. The van der Waals surface area contributed by atoms with Crippen LogP contribution in [0.4, 0.5) is 0 Å². The van der Waals surface area contributed by atoms with Crippen molar-refractivity contribution in [2.75, 3.05) is 7.11 Å². The summed E-state index contributed by atoms with van der Waals surface area (Å²) in [6.45, 7) is 1.83. The number of hydrogen-bond donors (Lipinski definition) is 2. The molecule has 116 valence electrons. The summed E-state index contributed by atoms with van der Waals surface area (Å²) in [5.74, 6) is -0.324. The number of hydrogen-bond acceptors (Lipinski definition) is 4. The number of rotatable bonds is 5. The molecule has 1 atom stereocenters. The lowest BCUT2D eigenvalue weighted by Gasteiger charge is -2.21. The minimum atomic E-state index is -0.614. The Balaban J connectivity index is 2.09. The molecule has 0 aromatic carbocycles. The summed E-state index contributed by atoms with van der Waals surface area (Å²) in [6, 6.07) is -0.614. The van der Waals surface area contributed by atoms with Gasteiger partial charge < -0.3 is 10.1 Å². The quantitative estimate of drug-likeness (QED) is 0.815. The number of ether oxygens (including phenoxy) is 1. The molecule has 1 aliphatic carbocycles. The summed E-state index contributed by atoms with van der Waals surface area (Å²) in [4.78, 5) is 24.0. The number of carbonyl (C=O) groups is 2. The van der Waals surface area contributed by atoms with E-state index in [1.54, 1.807) is 6.20 Å². The SMILES string of the molecule is CC[C@H](NC(=O)c1cn[nH]c1C1CCCCC1)C(=O)OC. The maximum absolute atomic E-state index is 12.4. The van der Waals surface area contributed by atoms with Gasteiger partial charge in [0.15, 0.2) is 0 Å². The fraction of sp³-hybridized carbons (Fsp3) is 0.667. The van der Waals surface area contributed by atoms with Crippen LogP contribution in [-0.4, -0.2) is 35.2 Å². The van der Waals surface area contributed by atoms with Crippen LogP contribution in [0, 0.1) is 0 Å². The van der Waals surface area contributed by atoms with Gasteiger partial charge in [0.2, 0.25) is 0 Å². The summed E-state index contributed by atoms with van der Waals surface area (Å²) < 4.78 is 4.69. The Morgan fingerprint density at radius 2 is 2.14 bits per heavy atom. The lowest BCUT2D eigenvalue weighted by molar-refractivity contribution is -0.142. The van der Waals surface area contributed by atoms with Crippen molar-refractivity contribution in [3.05, 3.63) is 17.5 Å². The molecular formula is C15H23N3O3. The first-order valence-corrected chi connectivity index (χ1v) is 7.59. The fourth-order valence-electron chi connectivity index (χ4n) is 2.89. The number of H-pyrrole nitrogens is 1. The van der Waals surface area contributed by atoms with Gasteiger partial charge in [-0.1, -0.05) is 26.2 Å². The first-order valence-electron chi connectivity index (χ1n) is 7.59. The van der Waals surface area contributed by atoms with Crippen LogP contribution in [0.25, 0.3) is 0 Å². The Hall–Kier alpha value is -1.85. The summed E-state index contributed by atoms with van der Waals surface area (Å²) in [5.41, 5.74) is 1.44. The molecule has 0 aliphatic heterocycles. The van der Waals surface area contributed by atoms with Crippen LogP contribution in [0.3, 0.4) is 0 Å². The molecule has 2 N–H and O–H groups in total. The van der Waals surface area contributed by atoms with Crippen LogP contribution in [0.15, 0.2) is 6.20 Å². The highest BCUT2D eigenvalue weighted by Gasteiger charge is 2.26. The minimum absolute atomic E-state index is 0.262. The van der Waals surface area contributed by atoms with E-state index in [0.29, 0.717) is 17.9 Å². The van der Waals surface area contributed by atoms with Crippen LogP contribution in [-0.2, 0) is 9.53 Å². The first-order chi connectivity index (χ1) is 10.2. The monoisotopic (exact) mass is 293 g/mol. The van der Waals surface area contributed by atoms with Crippen LogP contribution in [0.1, 0.15) is 67.4 Å². The number of aromatic nitrogens is 2. The van der Waals surface area contributed by atoms with Crippen molar-refractivity contribution < 1.29 is 14.3 Å². The van der Waals surface area contributed by atoms with E-state index in [0.717, 1.165) is 18.5 Å². The van der Waals surface area contributed by atoms with Gasteiger partial charge in [-0.2, -0.15) is 5.10 Å². The molecule has 2 rings (SSSR count). The molecule has 6 nitrogen and oxygen atoms in total. The van der Waals surface area contributed by atoms with Gasteiger partial charge in [0.25, 0.3) is 5.91 Å². The number of methoxy groups -OCH3 is 1. The van der Waals surface area contributed by atoms with E-state index in [1.165, 1.54) is 26.4 Å². The van der Waals surface area contributed by atoms with Gasteiger partial charge in [-0.25, -0.2) is 4.79 Å². The molecule has 0 spiro atoms. The molecule has 6 heteroatoms. The Labute approximate surface area is 124 Å². The Bertz CT molecular complexity index is 492. The van der Waals surface area contributed by atoms with Crippen molar-refractivity contribution >= 4 is 11.9 Å². The lowest BCUT2D eigenvalue weighted by Crippen LogP contribution is -2.41. The van der Waals surface area contributed by atoms with Crippen molar-refractivity contribution in [1.82, 2.24) is 15.5 Å². The van der Waals surface area contributed by atoms with Gasteiger partial charge in [-0.15, -0.1) is 0 Å². The molecule has 1 aromatic rings. The van der Waals surface area contributed by atoms with Crippen LogP contribution < -0.4 is 5.32 Å². The number of nitrogens with one attached hydrogen (secondary N) is 2. The van der Waals surface area contributed by atoms with E-state index < -0.39 is 12.0 Å². The zero-order valence-corrected chi connectivity index (χ0v) is 12.6.